The van der Waals surface area contributed by atoms with Crippen molar-refractivity contribution >= 4 is 5.91 Å². The number of rotatable bonds is 5. The Bertz CT molecular complexity index is 992. The molecule has 1 aromatic carbocycles. The van der Waals surface area contributed by atoms with E-state index in [2.05, 4.69) is 25.4 Å². The first-order valence-corrected chi connectivity index (χ1v) is 7.96. The van der Waals surface area contributed by atoms with Gasteiger partial charge in [0.1, 0.15) is 24.8 Å². The van der Waals surface area contributed by atoms with E-state index in [0.29, 0.717) is 17.9 Å². The van der Waals surface area contributed by atoms with Crippen LogP contribution >= 0.6 is 0 Å². The number of benzene rings is 1. The highest BCUT2D eigenvalue weighted by atomic mass is 16.1. The largest absolute Gasteiger partial charge is 0.348 e. The molecule has 0 saturated carbocycles. The number of amides is 1. The van der Waals surface area contributed by atoms with Crippen molar-refractivity contribution in [3.8, 4) is 11.5 Å². The van der Waals surface area contributed by atoms with Crippen LogP contribution in [0, 0.1) is 0 Å². The topological polar surface area (TPSA) is 90.5 Å². The maximum atomic E-state index is 12.3. The minimum absolute atomic E-state index is 0.180. The van der Waals surface area contributed by atoms with Crippen molar-refractivity contribution in [3.05, 3.63) is 85.1 Å². The second-order valence-electron chi connectivity index (χ2n) is 5.57. The Kier molecular flexibility index (Phi) is 4.21. The lowest BCUT2D eigenvalue weighted by atomic mass is 10.2. The second kappa shape index (κ2) is 6.98. The molecule has 0 saturated heterocycles. The van der Waals surface area contributed by atoms with Gasteiger partial charge in [0.25, 0.3) is 5.91 Å². The molecule has 3 heterocycles. The van der Waals surface area contributed by atoms with Gasteiger partial charge < -0.3 is 5.32 Å². The molecular formula is C18H15N7O. The molecule has 0 aliphatic carbocycles. The van der Waals surface area contributed by atoms with Gasteiger partial charge in [0.2, 0.25) is 0 Å². The SMILES string of the molecule is O=C(NCc1cccc(-n2cncn2)c1)c1ccc(-n2ccnc2)nc1. The van der Waals surface area contributed by atoms with Crippen LogP contribution in [0.25, 0.3) is 11.5 Å². The summed E-state index contributed by atoms with van der Waals surface area (Å²) in [7, 11) is 0. The number of aromatic nitrogens is 6. The van der Waals surface area contributed by atoms with Gasteiger partial charge in [-0.1, -0.05) is 12.1 Å². The predicted octanol–water partition coefficient (Wildman–Crippen LogP) is 1.78. The fourth-order valence-electron chi connectivity index (χ4n) is 2.50. The number of pyridine rings is 1. The zero-order valence-corrected chi connectivity index (χ0v) is 13.7. The normalized spacial score (nSPS) is 10.6. The fraction of sp³-hybridized carbons (Fsp3) is 0.0556. The monoisotopic (exact) mass is 345 g/mol. The maximum Gasteiger partial charge on any atom is 0.253 e. The molecule has 3 aromatic heterocycles. The molecule has 0 aliphatic rings. The van der Waals surface area contributed by atoms with Crippen molar-refractivity contribution in [1.82, 2.24) is 34.6 Å². The summed E-state index contributed by atoms with van der Waals surface area (Å²) < 4.78 is 3.45. The van der Waals surface area contributed by atoms with E-state index in [9.17, 15) is 4.79 Å². The van der Waals surface area contributed by atoms with Crippen molar-refractivity contribution < 1.29 is 4.79 Å². The Morgan fingerprint density at radius 1 is 1.12 bits per heavy atom. The van der Waals surface area contributed by atoms with Gasteiger partial charge in [-0.25, -0.2) is 19.6 Å². The van der Waals surface area contributed by atoms with E-state index in [1.54, 1.807) is 52.6 Å². The molecule has 0 radical (unpaired) electrons. The van der Waals surface area contributed by atoms with E-state index in [1.165, 1.54) is 6.33 Å². The number of carbonyl (C=O) groups excluding carboxylic acids is 1. The standard InChI is InChI=1S/C18H15N7O/c26-18(15-4-5-17(21-10-15)24-7-6-19-12-24)22-9-14-2-1-3-16(8-14)25-13-20-11-23-25/h1-8,10-13H,9H2,(H,22,26). The average Bonchev–Trinajstić information content (AvgIpc) is 3.40. The van der Waals surface area contributed by atoms with Crippen molar-refractivity contribution in [2.75, 3.05) is 0 Å². The summed E-state index contributed by atoms with van der Waals surface area (Å²) in [5, 5.41) is 7.00. The zero-order valence-electron chi connectivity index (χ0n) is 13.7. The maximum absolute atomic E-state index is 12.3. The van der Waals surface area contributed by atoms with Crippen LogP contribution in [0.4, 0.5) is 0 Å². The number of nitrogens with zero attached hydrogens (tertiary/aromatic N) is 6. The molecule has 8 nitrogen and oxygen atoms in total. The first kappa shape index (κ1) is 15.7. The number of hydrogen-bond acceptors (Lipinski definition) is 5. The fourth-order valence-corrected chi connectivity index (χ4v) is 2.50. The van der Waals surface area contributed by atoms with Gasteiger partial charge in [-0.05, 0) is 29.8 Å². The molecular weight excluding hydrogens is 330 g/mol. The summed E-state index contributed by atoms with van der Waals surface area (Å²) in [6.07, 6.45) is 9.79. The summed E-state index contributed by atoms with van der Waals surface area (Å²) in [6.45, 7) is 0.407. The molecule has 1 amide bonds. The third-order valence-electron chi connectivity index (χ3n) is 3.83. The summed E-state index contributed by atoms with van der Waals surface area (Å²) in [6, 6.07) is 11.3. The number of nitrogens with one attached hydrogen (secondary N) is 1. The second-order valence-corrected chi connectivity index (χ2v) is 5.57. The van der Waals surface area contributed by atoms with E-state index in [-0.39, 0.29) is 5.91 Å². The lowest BCUT2D eigenvalue weighted by Crippen LogP contribution is -2.23. The lowest BCUT2D eigenvalue weighted by molar-refractivity contribution is 0.0950. The molecule has 4 aromatic rings. The highest BCUT2D eigenvalue weighted by Gasteiger charge is 2.07. The third-order valence-corrected chi connectivity index (χ3v) is 3.83. The van der Waals surface area contributed by atoms with Crippen molar-refractivity contribution in [2.45, 2.75) is 6.54 Å². The lowest BCUT2D eigenvalue weighted by Gasteiger charge is -2.08. The number of imidazole rings is 1. The highest BCUT2D eigenvalue weighted by molar-refractivity contribution is 5.93. The van der Waals surface area contributed by atoms with Crippen LogP contribution in [0.1, 0.15) is 15.9 Å². The first-order chi connectivity index (χ1) is 12.8. The minimum Gasteiger partial charge on any atom is -0.348 e. The molecule has 1 N–H and O–H groups in total. The van der Waals surface area contributed by atoms with Gasteiger partial charge in [0, 0.05) is 25.1 Å². The molecule has 0 aliphatic heterocycles. The van der Waals surface area contributed by atoms with Crippen LogP contribution < -0.4 is 5.32 Å². The summed E-state index contributed by atoms with van der Waals surface area (Å²) in [4.78, 5) is 24.5. The van der Waals surface area contributed by atoms with E-state index in [0.717, 1.165) is 11.3 Å². The first-order valence-electron chi connectivity index (χ1n) is 7.96. The summed E-state index contributed by atoms with van der Waals surface area (Å²) in [5.41, 5.74) is 2.36. The molecule has 8 heteroatoms. The predicted molar refractivity (Wildman–Crippen MR) is 93.9 cm³/mol. The molecule has 0 atom stereocenters. The molecule has 0 spiro atoms. The quantitative estimate of drug-likeness (QED) is 0.595. The van der Waals surface area contributed by atoms with Gasteiger partial charge >= 0.3 is 0 Å². The Morgan fingerprint density at radius 3 is 2.81 bits per heavy atom. The van der Waals surface area contributed by atoms with Gasteiger partial charge in [-0.3, -0.25) is 9.36 Å². The zero-order chi connectivity index (χ0) is 17.8. The minimum atomic E-state index is -0.180. The van der Waals surface area contributed by atoms with Gasteiger partial charge in [-0.15, -0.1) is 0 Å². The van der Waals surface area contributed by atoms with E-state index < -0.39 is 0 Å². The number of hydrogen-bond donors (Lipinski definition) is 1. The van der Waals surface area contributed by atoms with Crippen LogP contribution in [0.3, 0.4) is 0 Å². The third kappa shape index (κ3) is 3.34. The number of carbonyl (C=O) groups is 1. The van der Waals surface area contributed by atoms with E-state index in [1.807, 2.05) is 24.3 Å². The van der Waals surface area contributed by atoms with Crippen LogP contribution in [0.2, 0.25) is 0 Å². The van der Waals surface area contributed by atoms with Gasteiger partial charge in [0.15, 0.2) is 0 Å². The Hall–Kier alpha value is -3.81. The Morgan fingerprint density at radius 2 is 2.08 bits per heavy atom. The molecule has 128 valence electrons. The average molecular weight is 345 g/mol. The van der Waals surface area contributed by atoms with Crippen LogP contribution in [0.5, 0.6) is 0 Å². The molecule has 0 fully saturated rings. The smallest absolute Gasteiger partial charge is 0.253 e. The molecule has 26 heavy (non-hydrogen) atoms. The highest BCUT2D eigenvalue weighted by Crippen LogP contribution is 2.10. The van der Waals surface area contributed by atoms with Crippen molar-refractivity contribution in [3.63, 3.8) is 0 Å². The Balaban J connectivity index is 1.42. The van der Waals surface area contributed by atoms with Gasteiger partial charge in [0.05, 0.1) is 11.3 Å². The van der Waals surface area contributed by atoms with Crippen molar-refractivity contribution in [2.24, 2.45) is 0 Å². The summed E-state index contributed by atoms with van der Waals surface area (Å²) >= 11 is 0. The van der Waals surface area contributed by atoms with E-state index >= 15 is 0 Å². The molecule has 0 bridgehead atoms. The molecule has 0 unspecified atom stereocenters. The summed E-state index contributed by atoms with van der Waals surface area (Å²) in [5.74, 6) is 0.528. The molecule has 4 rings (SSSR count). The van der Waals surface area contributed by atoms with Crippen LogP contribution in [0.15, 0.2) is 74.0 Å². The van der Waals surface area contributed by atoms with Crippen LogP contribution in [-0.2, 0) is 6.54 Å². The van der Waals surface area contributed by atoms with Gasteiger partial charge in [-0.2, -0.15) is 5.10 Å². The van der Waals surface area contributed by atoms with E-state index in [4.69, 9.17) is 0 Å². The van der Waals surface area contributed by atoms with Crippen molar-refractivity contribution in [1.29, 1.82) is 0 Å². The Labute approximate surface area is 149 Å². The van der Waals surface area contributed by atoms with Crippen LogP contribution in [-0.4, -0.2) is 35.2 Å².